The average Bonchev–Trinajstić information content (AvgIpc) is 3.25. The Bertz CT molecular complexity index is 1390. The molecule has 4 rings (SSSR count). The molecule has 0 bridgehead atoms. The third-order valence-electron chi connectivity index (χ3n) is 4.42. The Hall–Kier alpha value is -3.70. The van der Waals surface area contributed by atoms with Crippen LogP contribution in [0.2, 0.25) is 0 Å². The Morgan fingerprint density at radius 3 is 2.45 bits per heavy atom. The molecule has 2 aromatic carbocycles. The molecule has 4 aromatic rings. The number of nitrogens with zero attached hydrogens (tertiary/aromatic N) is 2. The number of hydrogen-bond acceptors (Lipinski definition) is 6. The summed E-state index contributed by atoms with van der Waals surface area (Å²) in [5, 5.41) is 5.29. The van der Waals surface area contributed by atoms with Crippen LogP contribution in [0.1, 0.15) is 5.69 Å². The second-order valence-corrected chi connectivity index (χ2v) is 9.41. The molecule has 11 heteroatoms. The molecule has 7 nitrogen and oxygen atoms in total. The highest BCUT2D eigenvalue weighted by Gasteiger charge is 2.17. The summed E-state index contributed by atoms with van der Waals surface area (Å²) in [5.74, 6) is -2.68. The normalized spacial score (nSPS) is 11.2. The van der Waals surface area contributed by atoms with E-state index in [1.54, 1.807) is 17.8 Å². The van der Waals surface area contributed by atoms with Crippen molar-refractivity contribution in [2.24, 2.45) is 0 Å². The maximum Gasteiger partial charge on any atom is 0.261 e. The first kappa shape index (κ1) is 22.5. The highest BCUT2D eigenvalue weighted by atomic mass is 32.2. The van der Waals surface area contributed by atoms with E-state index in [4.69, 9.17) is 0 Å². The lowest BCUT2D eigenvalue weighted by molar-refractivity contribution is -0.115. The van der Waals surface area contributed by atoms with Crippen LogP contribution in [0.3, 0.4) is 0 Å². The molecule has 0 unspecified atom stereocenters. The first-order valence-corrected chi connectivity index (χ1v) is 11.9. The van der Waals surface area contributed by atoms with E-state index in [1.807, 2.05) is 12.1 Å². The summed E-state index contributed by atoms with van der Waals surface area (Å²) in [4.78, 5) is 20.4. The lowest BCUT2D eigenvalue weighted by Gasteiger charge is -2.10. The first-order valence-electron chi connectivity index (χ1n) is 9.53. The fraction of sp³-hybridized carbons (Fsp3) is 0.0455. The smallest absolute Gasteiger partial charge is 0.261 e. The van der Waals surface area contributed by atoms with Gasteiger partial charge >= 0.3 is 0 Å². The second kappa shape index (κ2) is 9.43. The lowest BCUT2D eigenvalue weighted by Crippen LogP contribution is -2.15. The maximum absolute atomic E-state index is 13.4. The molecule has 2 N–H and O–H groups in total. The van der Waals surface area contributed by atoms with Gasteiger partial charge in [-0.3, -0.25) is 14.5 Å². The van der Waals surface area contributed by atoms with Crippen molar-refractivity contribution < 1.29 is 22.0 Å². The number of rotatable bonds is 7. The maximum atomic E-state index is 13.4. The lowest BCUT2D eigenvalue weighted by atomic mass is 10.2. The van der Waals surface area contributed by atoms with Crippen LogP contribution in [0.25, 0.3) is 10.6 Å². The molecule has 0 atom stereocenters. The first-order chi connectivity index (χ1) is 15.8. The molecule has 0 spiro atoms. The van der Waals surface area contributed by atoms with E-state index in [1.165, 1.54) is 35.6 Å². The number of carbonyl (C=O) groups excluding carboxylic acids is 1. The fourth-order valence-corrected chi connectivity index (χ4v) is 4.74. The summed E-state index contributed by atoms with van der Waals surface area (Å²) < 4.78 is 53.4. The number of amides is 1. The summed E-state index contributed by atoms with van der Waals surface area (Å²) in [7, 11) is -4.11. The van der Waals surface area contributed by atoms with Crippen molar-refractivity contribution in [3.05, 3.63) is 89.7 Å². The summed E-state index contributed by atoms with van der Waals surface area (Å²) in [5.41, 5.74) is 2.14. The Labute approximate surface area is 192 Å². The minimum atomic E-state index is -4.11. The van der Waals surface area contributed by atoms with Crippen LogP contribution >= 0.6 is 11.3 Å². The molecule has 33 heavy (non-hydrogen) atoms. The van der Waals surface area contributed by atoms with Gasteiger partial charge in [0.15, 0.2) is 11.6 Å². The Morgan fingerprint density at radius 1 is 1.00 bits per heavy atom. The molecule has 0 radical (unpaired) electrons. The molecular formula is C22H16F2N4O3S2. The SMILES string of the molecule is O=C(Cc1csc(-c2cccnc2)n1)Nc1ccc(NS(=O)(=O)c2ccc(F)c(F)c2)cc1. The van der Waals surface area contributed by atoms with Crippen molar-refractivity contribution in [1.29, 1.82) is 0 Å². The van der Waals surface area contributed by atoms with Crippen LogP contribution in [-0.2, 0) is 21.2 Å². The number of halogens is 2. The highest BCUT2D eigenvalue weighted by Crippen LogP contribution is 2.23. The van der Waals surface area contributed by atoms with Gasteiger partial charge in [0.2, 0.25) is 5.91 Å². The molecule has 168 valence electrons. The van der Waals surface area contributed by atoms with E-state index in [0.717, 1.165) is 22.7 Å². The summed E-state index contributed by atoms with van der Waals surface area (Å²) in [6.45, 7) is 0. The van der Waals surface area contributed by atoms with Crippen LogP contribution in [-0.4, -0.2) is 24.3 Å². The number of hydrogen-bond donors (Lipinski definition) is 2. The third kappa shape index (κ3) is 5.57. The van der Waals surface area contributed by atoms with Crippen molar-refractivity contribution in [2.75, 3.05) is 10.0 Å². The average molecular weight is 487 g/mol. The van der Waals surface area contributed by atoms with Gasteiger partial charge < -0.3 is 5.32 Å². The number of anilines is 2. The Kier molecular flexibility index (Phi) is 6.43. The summed E-state index contributed by atoms with van der Waals surface area (Å²) >= 11 is 1.42. The minimum Gasteiger partial charge on any atom is -0.326 e. The quantitative estimate of drug-likeness (QED) is 0.402. The second-order valence-electron chi connectivity index (χ2n) is 6.87. The van der Waals surface area contributed by atoms with Gasteiger partial charge in [-0.1, -0.05) is 0 Å². The molecule has 0 saturated heterocycles. The number of aromatic nitrogens is 2. The monoisotopic (exact) mass is 486 g/mol. The number of carbonyl (C=O) groups is 1. The molecule has 0 saturated carbocycles. The van der Waals surface area contributed by atoms with Gasteiger partial charge in [-0.05, 0) is 54.6 Å². The topological polar surface area (TPSA) is 101 Å². The Morgan fingerprint density at radius 2 is 1.76 bits per heavy atom. The predicted octanol–water partition coefficient (Wildman–Crippen LogP) is 4.47. The molecular weight excluding hydrogens is 470 g/mol. The van der Waals surface area contributed by atoms with Crippen LogP contribution in [0.5, 0.6) is 0 Å². The highest BCUT2D eigenvalue weighted by molar-refractivity contribution is 7.92. The van der Waals surface area contributed by atoms with Crippen molar-refractivity contribution >= 4 is 38.6 Å². The van der Waals surface area contributed by atoms with Crippen LogP contribution < -0.4 is 10.0 Å². The molecule has 0 aliphatic carbocycles. The molecule has 2 aromatic heterocycles. The van der Waals surface area contributed by atoms with E-state index in [0.29, 0.717) is 17.4 Å². The van der Waals surface area contributed by atoms with Crippen molar-refractivity contribution in [1.82, 2.24) is 9.97 Å². The standard InChI is InChI=1S/C22H16F2N4O3S2/c23-19-8-7-18(11-20(19)24)33(30,31)28-16-5-3-15(4-6-16)26-21(29)10-17-13-32-22(27-17)14-2-1-9-25-12-14/h1-9,11-13,28H,10H2,(H,26,29). The zero-order chi connectivity index (χ0) is 23.4. The molecule has 0 aliphatic rings. The van der Waals surface area contributed by atoms with Gasteiger partial charge in [0.25, 0.3) is 10.0 Å². The zero-order valence-corrected chi connectivity index (χ0v) is 18.5. The van der Waals surface area contributed by atoms with Gasteiger partial charge in [-0.25, -0.2) is 22.2 Å². The third-order valence-corrected chi connectivity index (χ3v) is 6.74. The van der Waals surface area contributed by atoms with E-state index in [9.17, 15) is 22.0 Å². The van der Waals surface area contributed by atoms with Gasteiger partial charge in [0.05, 0.1) is 17.0 Å². The van der Waals surface area contributed by atoms with Gasteiger partial charge in [-0.2, -0.15) is 0 Å². The number of pyridine rings is 1. The zero-order valence-electron chi connectivity index (χ0n) is 16.8. The van der Waals surface area contributed by atoms with Crippen molar-refractivity contribution in [2.45, 2.75) is 11.3 Å². The largest absolute Gasteiger partial charge is 0.326 e. The minimum absolute atomic E-state index is 0.0707. The molecule has 0 fully saturated rings. The summed E-state index contributed by atoms with van der Waals surface area (Å²) in [6.07, 6.45) is 3.44. The molecule has 0 aliphatic heterocycles. The van der Waals surface area contributed by atoms with E-state index < -0.39 is 26.6 Å². The Balaban J connectivity index is 1.37. The van der Waals surface area contributed by atoms with E-state index in [2.05, 4.69) is 20.0 Å². The van der Waals surface area contributed by atoms with E-state index >= 15 is 0 Å². The predicted molar refractivity (Wildman–Crippen MR) is 121 cm³/mol. The fourth-order valence-electron chi connectivity index (χ4n) is 2.86. The molecule has 1 amide bonds. The number of sulfonamides is 1. The van der Waals surface area contributed by atoms with Crippen LogP contribution in [0.15, 0.2) is 77.3 Å². The van der Waals surface area contributed by atoms with Gasteiger partial charge in [-0.15, -0.1) is 11.3 Å². The van der Waals surface area contributed by atoms with E-state index in [-0.39, 0.29) is 18.0 Å². The van der Waals surface area contributed by atoms with Gasteiger partial charge in [0, 0.05) is 34.7 Å². The number of nitrogens with one attached hydrogen (secondary N) is 2. The van der Waals surface area contributed by atoms with Crippen LogP contribution in [0, 0.1) is 11.6 Å². The number of benzene rings is 2. The summed E-state index contributed by atoms with van der Waals surface area (Å²) in [6, 6.07) is 11.9. The van der Waals surface area contributed by atoms with Crippen LogP contribution in [0.4, 0.5) is 20.2 Å². The number of thiazole rings is 1. The van der Waals surface area contributed by atoms with Gasteiger partial charge in [0.1, 0.15) is 5.01 Å². The van der Waals surface area contributed by atoms with Crippen molar-refractivity contribution in [3.8, 4) is 10.6 Å². The van der Waals surface area contributed by atoms with Crippen molar-refractivity contribution in [3.63, 3.8) is 0 Å². The molecule has 2 heterocycles.